The van der Waals surface area contributed by atoms with Crippen LogP contribution in [0.25, 0.3) is 0 Å². The average Bonchev–Trinajstić information content (AvgIpc) is 3.34. The van der Waals surface area contributed by atoms with Crippen molar-refractivity contribution in [2.24, 2.45) is 0 Å². The van der Waals surface area contributed by atoms with Crippen molar-refractivity contribution in [3.63, 3.8) is 0 Å². The number of nitrogens with zero attached hydrogens (tertiary/aromatic N) is 2. The van der Waals surface area contributed by atoms with Gasteiger partial charge < -0.3 is 20.5 Å². The van der Waals surface area contributed by atoms with E-state index in [0.717, 1.165) is 24.3 Å². The number of halogens is 3. The summed E-state index contributed by atoms with van der Waals surface area (Å²) in [4.78, 5) is 40.4. The van der Waals surface area contributed by atoms with Gasteiger partial charge >= 0.3 is 6.18 Å². The van der Waals surface area contributed by atoms with E-state index in [2.05, 4.69) is 20.9 Å². The molecule has 8 nitrogen and oxygen atoms in total. The Bertz CT molecular complexity index is 1130. The zero-order chi connectivity index (χ0) is 24.6. The van der Waals surface area contributed by atoms with E-state index in [4.69, 9.17) is 0 Å². The molecule has 1 aromatic heterocycles. The molecule has 0 atom stereocenters. The molecular formula is C23H22F3N5O3. The lowest BCUT2D eigenvalue weighted by atomic mass is 10.1. The molecule has 178 valence electrons. The first-order valence-corrected chi connectivity index (χ1v) is 10.3. The standard InChI is InChI=1S/C23H22F3N5O3/c24-23(25,26)18-6-4-16(5-7-18)21(33)28-9-10-29-22(34)17-2-1-3-19(14-17)30-20(32)8-12-31-13-11-27-15-31/h1-7,11,13-15H,8-10,12H2,(H,28,33)(H,29,34)(H,30,32). The first kappa shape index (κ1) is 24.5. The minimum atomic E-state index is -4.47. The molecule has 0 aliphatic rings. The van der Waals surface area contributed by atoms with Crippen molar-refractivity contribution in [3.8, 4) is 0 Å². The molecule has 34 heavy (non-hydrogen) atoms. The van der Waals surface area contributed by atoms with Crippen molar-refractivity contribution in [2.45, 2.75) is 19.1 Å². The number of aromatic nitrogens is 2. The van der Waals surface area contributed by atoms with Gasteiger partial charge in [0.05, 0.1) is 11.9 Å². The number of hydrogen-bond acceptors (Lipinski definition) is 4. The lowest BCUT2D eigenvalue weighted by Gasteiger charge is -2.10. The second-order valence-corrected chi connectivity index (χ2v) is 7.27. The van der Waals surface area contributed by atoms with E-state index in [1.54, 1.807) is 41.5 Å². The molecule has 0 aliphatic carbocycles. The first-order chi connectivity index (χ1) is 16.2. The minimum Gasteiger partial charge on any atom is -0.350 e. The van der Waals surface area contributed by atoms with Crippen molar-refractivity contribution in [2.75, 3.05) is 18.4 Å². The fourth-order valence-electron chi connectivity index (χ4n) is 2.98. The summed E-state index contributed by atoms with van der Waals surface area (Å²) in [7, 11) is 0. The third-order valence-electron chi connectivity index (χ3n) is 4.74. The van der Waals surface area contributed by atoms with Crippen molar-refractivity contribution in [1.82, 2.24) is 20.2 Å². The van der Waals surface area contributed by atoms with Crippen LogP contribution in [0.4, 0.5) is 18.9 Å². The summed E-state index contributed by atoms with van der Waals surface area (Å²) >= 11 is 0. The molecule has 3 rings (SSSR count). The molecule has 3 aromatic rings. The Morgan fingerprint density at radius 3 is 2.21 bits per heavy atom. The Morgan fingerprint density at radius 2 is 1.59 bits per heavy atom. The number of imidazole rings is 1. The third kappa shape index (κ3) is 7.19. The van der Waals surface area contributed by atoms with Crippen LogP contribution in [0.1, 0.15) is 32.7 Å². The summed E-state index contributed by atoms with van der Waals surface area (Å²) < 4.78 is 39.6. The van der Waals surface area contributed by atoms with Crippen LogP contribution in [0.3, 0.4) is 0 Å². The Kier molecular flexibility index (Phi) is 8.01. The van der Waals surface area contributed by atoms with Crippen molar-refractivity contribution in [3.05, 3.63) is 83.9 Å². The molecule has 0 radical (unpaired) electrons. The average molecular weight is 473 g/mol. The van der Waals surface area contributed by atoms with Gasteiger partial charge in [0.15, 0.2) is 0 Å². The van der Waals surface area contributed by atoms with Crippen LogP contribution in [0, 0.1) is 0 Å². The molecule has 3 amide bonds. The van der Waals surface area contributed by atoms with Crippen LogP contribution in [0.2, 0.25) is 0 Å². The lowest BCUT2D eigenvalue weighted by Crippen LogP contribution is -2.34. The maximum atomic E-state index is 12.6. The number of amides is 3. The summed E-state index contributed by atoms with van der Waals surface area (Å²) in [5.41, 5.74) is 0.0316. The van der Waals surface area contributed by atoms with Gasteiger partial charge in [0, 0.05) is 55.3 Å². The largest absolute Gasteiger partial charge is 0.416 e. The zero-order valence-corrected chi connectivity index (χ0v) is 17.9. The molecule has 11 heteroatoms. The number of rotatable bonds is 9. The van der Waals surface area contributed by atoms with Gasteiger partial charge in [-0.15, -0.1) is 0 Å². The number of benzene rings is 2. The van der Waals surface area contributed by atoms with E-state index in [9.17, 15) is 27.6 Å². The van der Waals surface area contributed by atoms with Gasteiger partial charge in [-0.1, -0.05) is 6.07 Å². The molecule has 0 unspecified atom stereocenters. The minimum absolute atomic E-state index is 0.0795. The number of aryl methyl sites for hydroxylation is 1. The summed E-state index contributed by atoms with van der Waals surface area (Å²) in [6, 6.07) is 10.3. The third-order valence-corrected chi connectivity index (χ3v) is 4.74. The topological polar surface area (TPSA) is 105 Å². The molecule has 0 spiro atoms. The van der Waals surface area contributed by atoms with E-state index >= 15 is 0 Å². The molecule has 1 heterocycles. The maximum absolute atomic E-state index is 12.6. The van der Waals surface area contributed by atoms with Crippen molar-refractivity contribution in [1.29, 1.82) is 0 Å². The van der Waals surface area contributed by atoms with Crippen LogP contribution in [0.5, 0.6) is 0 Å². The van der Waals surface area contributed by atoms with Gasteiger partial charge in [0.25, 0.3) is 11.8 Å². The monoisotopic (exact) mass is 473 g/mol. The number of alkyl halides is 3. The normalized spacial score (nSPS) is 11.0. The maximum Gasteiger partial charge on any atom is 0.416 e. The van der Waals surface area contributed by atoms with E-state index in [-0.39, 0.29) is 31.0 Å². The predicted octanol–water partition coefficient (Wildman–Crippen LogP) is 3.09. The van der Waals surface area contributed by atoms with Crippen LogP contribution in [-0.2, 0) is 17.5 Å². The summed E-state index contributed by atoms with van der Waals surface area (Å²) in [5.74, 6) is -1.17. The van der Waals surface area contributed by atoms with Gasteiger partial charge in [-0.25, -0.2) is 4.98 Å². The number of anilines is 1. The van der Waals surface area contributed by atoms with Gasteiger partial charge in [0.1, 0.15) is 0 Å². The number of carbonyl (C=O) groups excluding carboxylic acids is 3. The molecule has 0 saturated carbocycles. The number of hydrogen-bond donors (Lipinski definition) is 3. The quantitative estimate of drug-likeness (QED) is 0.416. The molecule has 0 aliphatic heterocycles. The highest BCUT2D eigenvalue weighted by atomic mass is 19.4. The van der Waals surface area contributed by atoms with E-state index < -0.39 is 23.6 Å². The molecule has 0 fully saturated rings. The second-order valence-electron chi connectivity index (χ2n) is 7.27. The molecule has 0 saturated heterocycles. The van der Waals surface area contributed by atoms with Gasteiger partial charge in [0.2, 0.25) is 5.91 Å². The second kappa shape index (κ2) is 11.1. The van der Waals surface area contributed by atoms with Crippen LogP contribution < -0.4 is 16.0 Å². The highest BCUT2D eigenvalue weighted by molar-refractivity contribution is 5.97. The lowest BCUT2D eigenvalue weighted by molar-refractivity contribution is -0.137. The summed E-state index contributed by atoms with van der Waals surface area (Å²) in [6.45, 7) is 0.660. The smallest absolute Gasteiger partial charge is 0.350 e. The van der Waals surface area contributed by atoms with Gasteiger partial charge in [-0.3, -0.25) is 14.4 Å². The Balaban J connectivity index is 1.42. The highest BCUT2D eigenvalue weighted by Crippen LogP contribution is 2.29. The fraction of sp³-hybridized carbons (Fsp3) is 0.217. The fourth-order valence-corrected chi connectivity index (χ4v) is 2.98. The highest BCUT2D eigenvalue weighted by Gasteiger charge is 2.30. The van der Waals surface area contributed by atoms with E-state index in [1.807, 2.05) is 0 Å². The molecule has 0 bridgehead atoms. The number of nitrogens with one attached hydrogen (secondary N) is 3. The molecular weight excluding hydrogens is 451 g/mol. The molecule has 2 aromatic carbocycles. The van der Waals surface area contributed by atoms with Crippen LogP contribution in [0.15, 0.2) is 67.3 Å². The van der Waals surface area contributed by atoms with E-state index in [1.165, 1.54) is 6.07 Å². The predicted molar refractivity (Wildman–Crippen MR) is 118 cm³/mol. The van der Waals surface area contributed by atoms with Gasteiger partial charge in [-0.05, 0) is 42.5 Å². The van der Waals surface area contributed by atoms with Gasteiger partial charge in [-0.2, -0.15) is 13.2 Å². The Labute approximate surface area is 193 Å². The Hall–Kier alpha value is -4.15. The summed E-state index contributed by atoms with van der Waals surface area (Å²) in [6.07, 6.45) is 0.764. The zero-order valence-electron chi connectivity index (χ0n) is 17.9. The first-order valence-electron chi connectivity index (χ1n) is 10.3. The number of carbonyl (C=O) groups is 3. The van der Waals surface area contributed by atoms with Crippen LogP contribution >= 0.6 is 0 Å². The van der Waals surface area contributed by atoms with E-state index in [0.29, 0.717) is 17.8 Å². The SMILES string of the molecule is O=C(CCn1ccnc1)Nc1cccc(C(=O)NCCNC(=O)c2ccc(C(F)(F)F)cc2)c1. The van der Waals surface area contributed by atoms with Crippen molar-refractivity contribution < 1.29 is 27.6 Å². The molecule has 3 N–H and O–H groups in total. The van der Waals surface area contributed by atoms with Crippen molar-refractivity contribution >= 4 is 23.4 Å². The summed E-state index contributed by atoms with van der Waals surface area (Å²) in [5, 5.41) is 7.90. The Morgan fingerprint density at radius 1 is 0.912 bits per heavy atom. The van der Waals surface area contributed by atoms with Crippen LogP contribution in [-0.4, -0.2) is 40.4 Å².